The lowest BCUT2D eigenvalue weighted by molar-refractivity contribution is -0.384. The third kappa shape index (κ3) is 7.00. The average Bonchev–Trinajstić information content (AvgIpc) is 2.84. The predicted octanol–water partition coefficient (Wildman–Crippen LogP) is 6.24. The molecule has 4 aromatic rings. The number of nitro groups is 1. The summed E-state index contributed by atoms with van der Waals surface area (Å²) in [5, 5.41) is 31.6. The number of hydrogen-bond donors (Lipinski definition) is 4. The van der Waals surface area contributed by atoms with Gasteiger partial charge in [-0.25, -0.2) is 5.43 Å². The zero-order valence-electron chi connectivity index (χ0n) is 19.5. The average molecular weight is 722 g/mol. The summed E-state index contributed by atoms with van der Waals surface area (Å²) in [7, 11) is 0. The summed E-state index contributed by atoms with van der Waals surface area (Å²) in [6.07, 6.45) is 1.48. The SMILES string of the molecule is Cc1ccc(Nc2nc(NN=Cc3cc(I)cc(I)c3O)nc(Nc3ccc([N+](=O)[O-])cc3)n2)cc1C. The minimum absolute atomic E-state index is 0.0246. The normalized spacial score (nSPS) is 10.9. The molecule has 0 fully saturated rings. The second-order valence-corrected chi connectivity index (χ2v) is 10.3. The molecule has 0 aliphatic heterocycles. The smallest absolute Gasteiger partial charge is 0.269 e. The molecule has 0 unspecified atom stereocenters. The van der Waals surface area contributed by atoms with E-state index in [0.29, 0.717) is 14.8 Å². The Morgan fingerprint density at radius 1 is 0.892 bits per heavy atom. The molecular formula is C24H20I2N8O3. The van der Waals surface area contributed by atoms with E-state index >= 15 is 0 Å². The van der Waals surface area contributed by atoms with Gasteiger partial charge in [0.25, 0.3) is 5.69 Å². The van der Waals surface area contributed by atoms with Gasteiger partial charge >= 0.3 is 0 Å². The van der Waals surface area contributed by atoms with Crippen LogP contribution in [0.4, 0.5) is 34.9 Å². The van der Waals surface area contributed by atoms with Gasteiger partial charge in [0.1, 0.15) is 5.75 Å². The summed E-state index contributed by atoms with van der Waals surface area (Å²) in [4.78, 5) is 23.6. The first-order valence-corrected chi connectivity index (χ1v) is 12.9. The fourth-order valence-electron chi connectivity index (χ4n) is 3.13. The standard InChI is InChI=1S/C24H20I2N8O3/c1-13-3-4-18(9-14(13)2)29-23-30-22(28-17-5-7-19(8-6-17)34(36)37)31-24(32-23)33-27-12-15-10-16(25)11-20(26)21(15)35/h3-12,35H,1-2H3,(H3,28,29,30,31,32,33). The van der Waals surface area contributed by atoms with Crippen LogP contribution in [0.5, 0.6) is 5.75 Å². The first-order chi connectivity index (χ1) is 17.7. The van der Waals surface area contributed by atoms with E-state index in [-0.39, 0.29) is 29.3 Å². The summed E-state index contributed by atoms with van der Waals surface area (Å²) < 4.78 is 1.66. The largest absolute Gasteiger partial charge is 0.506 e. The van der Waals surface area contributed by atoms with Crippen LogP contribution in [0.25, 0.3) is 0 Å². The third-order valence-corrected chi connectivity index (χ3v) is 6.60. The minimum Gasteiger partial charge on any atom is -0.506 e. The highest BCUT2D eigenvalue weighted by Gasteiger charge is 2.10. The number of hydrazone groups is 1. The molecule has 0 spiro atoms. The Morgan fingerprint density at radius 2 is 1.51 bits per heavy atom. The number of aryl methyl sites for hydroxylation is 2. The van der Waals surface area contributed by atoms with Gasteiger partial charge in [-0.05, 0) is 107 Å². The maximum absolute atomic E-state index is 10.9. The maximum Gasteiger partial charge on any atom is 0.269 e. The van der Waals surface area contributed by atoms with Gasteiger partial charge < -0.3 is 15.7 Å². The van der Waals surface area contributed by atoms with Crippen molar-refractivity contribution in [2.75, 3.05) is 16.1 Å². The van der Waals surface area contributed by atoms with Gasteiger partial charge in [0.15, 0.2) is 0 Å². The summed E-state index contributed by atoms with van der Waals surface area (Å²) >= 11 is 4.22. The van der Waals surface area contributed by atoms with E-state index in [1.807, 2.05) is 38.1 Å². The zero-order valence-corrected chi connectivity index (χ0v) is 23.8. The van der Waals surface area contributed by atoms with Crippen molar-refractivity contribution in [3.05, 3.63) is 88.5 Å². The van der Waals surface area contributed by atoms with Crippen LogP contribution in [0.3, 0.4) is 0 Å². The number of nitrogens with zero attached hydrogens (tertiary/aromatic N) is 5. The van der Waals surface area contributed by atoms with Gasteiger partial charge in [-0.2, -0.15) is 20.1 Å². The van der Waals surface area contributed by atoms with Crippen LogP contribution in [-0.4, -0.2) is 31.2 Å². The maximum atomic E-state index is 10.9. The molecular weight excluding hydrogens is 702 g/mol. The van der Waals surface area contributed by atoms with Crippen LogP contribution in [0.2, 0.25) is 0 Å². The fraction of sp³-hybridized carbons (Fsp3) is 0.0833. The Bertz CT molecular complexity index is 1500. The minimum atomic E-state index is -0.467. The molecule has 0 atom stereocenters. The number of aromatic hydroxyl groups is 1. The monoisotopic (exact) mass is 722 g/mol. The van der Waals surface area contributed by atoms with Crippen molar-refractivity contribution in [1.82, 2.24) is 15.0 Å². The predicted molar refractivity (Wildman–Crippen MR) is 160 cm³/mol. The number of phenols is 1. The molecule has 0 saturated carbocycles. The molecule has 0 amide bonds. The third-order valence-electron chi connectivity index (χ3n) is 5.16. The molecule has 0 aliphatic carbocycles. The zero-order chi connectivity index (χ0) is 26.5. The van der Waals surface area contributed by atoms with E-state index in [4.69, 9.17) is 0 Å². The number of phenolic OH excluding ortho intramolecular Hbond substituents is 1. The van der Waals surface area contributed by atoms with Gasteiger partial charge in [-0.1, -0.05) is 6.07 Å². The quantitative estimate of drug-likeness (QED) is 0.0717. The molecule has 3 aromatic carbocycles. The van der Waals surface area contributed by atoms with Crippen LogP contribution < -0.4 is 16.1 Å². The lowest BCUT2D eigenvalue weighted by Crippen LogP contribution is -2.07. The number of anilines is 5. The van der Waals surface area contributed by atoms with Crippen molar-refractivity contribution >= 4 is 86.3 Å². The van der Waals surface area contributed by atoms with Crippen LogP contribution >= 0.6 is 45.2 Å². The second-order valence-electron chi connectivity index (χ2n) is 7.85. The Hall–Kier alpha value is -3.60. The number of nitro benzene ring substituents is 1. The molecule has 13 heteroatoms. The molecule has 11 nitrogen and oxygen atoms in total. The first-order valence-electron chi connectivity index (χ1n) is 10.8. The van der Waals surface area contributed by atoms with Crippen molar-refractivity contribution in [2.24, 2.45) is 5.10 Å². The molecule has 37 heavy (non-hydrogen) atoms. The van der Waals surface area contributed by atoms with E-state index in [1.165, 1.54) is 18.3 Å². The van der Waals surface area contributed by atoms with Gasteiger partial charge in [-0.3, -0.25) is 10.1 Å². The molecule has 4 rings (SSSR count). The van der Waals surface area contributed by atoms with Gasteiger partial charge in [0, 0.05) is 32.6 Å². The van der Waals surface area contributed by atoms with Crippen LogP contribution in [0.1, 0.15) is 16.7 Å². The Kier molecular flexibility index (Phi) is 8.32. The van der Waals surface area contributed by atoms with E-state index in [0.717, 1.165) is 20.4 Å². The Labute approximate surface area is 239 Å². The number of benzene rings is 3. The molecule has 0 bridgehead atoms. The Balaban J connectivity index is 1.62. The Morgan fingerprint density at radius 3 is 2.16 bits per heavy atom. The van der Waals surface area contributed by atoms with Crippen molar-refractivity contribution in [3.8, 4) is 5.75 Å². The highest BCUT2D eigenvalue weighted by Crippen LogP contribution is 2.26. The first kappa shape index (κ1) is 26.5. The van der Waals surface area contributed by atoms with E-state index in [2.05, 4.69) is 81.3 Å². The van der Waals surface area contributed by atoms with E-state index < -0.39 is 4.92 Å². The number of nitrogens with one attached hydrogen (secondary N) is 3. The second kappa shape index (κ2) is 11.6. The highest BCUT2D eigenvalue weighted by atomic mass is 127. The lowest BCUT2D eigenvalue weighted by Gasteiger charge is -2.11. The van der Waals surface area contributed by atoms with Crippen molar-refractivity contribution in [3.63, 3.8) is 0 Å². The molecule has 1 heterocycles. The number of aromatic nitrogens is 3. The van der Waals surface area contributed by atoms with Gasteiger partial charge in [0.05, 0.1) is 14.7 Å². The molecule has 0 radical (unpaired) electrons. The number of rotatable bonds is 8. The van der Waals surface area contributed by atoms with E-state index in [9.17, 15) is 15.2 Å². The number of hydrogen-bond acceptors (Lipinski definition) is 10. The summed E-state index contributed by atoms with van der Waals surface area (Å²) in [6.45, 7) is 4.04. The number of non-ortho nitro benzene ring substituents is 1. The van der Waals surface area contributed by atoms with Gasteiger partial charge in [0.2, 0.25) is 17.8 Å². The lowest BCUT2D eigenvalue weighted by atomic mass is 10.1. The molecule has 4 N–H and O–H groups in total. The van der Waals surface area contributed by atoms with Crippen molar-refractivity contribution in [2.45, 2.75) is 13.8 Å². The van der Waals surface area contributed by atoms with E-state index in [1.54, 1.807) is 18.2 Å². The van der Waals surface area contributed by atoms with Crippen molar-refractivity contribution < 1.29 is 10.0 Å². The topological polar surface area (TPSA) is 150 Å². The van der Waals surface area contributed by atoms with Gasteiger partial charge in [-0.15, -0.1) is 0 Å². The summed E-state index contributed by atoms with van der Waals surface area (Å²) in [5.41, 5.74) is 6.91. The molecule has 1 aromatic heterocycles. The van der Waals surface area contributed by atoms with Crippen LogP contribution in [-0.2, 0) is 0 Å². The molecule has 0 saturated heterocycles. The highest BCUT2D eigenvalue weighted by molar-refractivity contribution is 14.1. The fourth-order valence-corrected chi connectivity index (χ4v) is 5.02. The van der Waals surface area contributed by atoms with Crippen LogP contribution in [0, 0.1) is 31.1 Å². The summed E-state index contributed by atoms with van der Waals surface area (Å²) in [6, 6.07) is 15.4. The van der Waals surface area contributed by atoms with Crippen molar-refractivity contribution in [1.29, 1.82) is 0 Å². The number of halogens is 2. The summed E-state index contributed by atoms with van der Waals surface area (Å²) in [5.74, 6) is 0.716. The van der Waals surface area contributed by atoms with Crippen LogP contribution in [0.15, 0.2) is 59.7 Å². The molecule has 188 valence electrons. The molecule has 0 aliphatic rings.